The molecule has 26 heavy (non-hydrogen) atoms. The minimum Gasteiger partial charge on any atom is -0.330 e. The van der Waals surface area contributed by atoms with Gasteiger partial charge in [-0.2, -0.15) is 0 Å². The van der Waals surface area contributed by atoms with Gasteiger partial charge in [-0.25, -0.2) is 0 Å². The second kappa shape index (κ2) is 10.0. The molecule has 2 aromatic rings. The van der Waals surface area contributed by atoms with Gasteiger partial charge in [0.2, 0.25) is 0 Å². The second-order valence-electron chi connectivity index (χ2n) is 7.55. The van der Waals surface area contributed by atoms with E-state index in [0.717, 1.165) is 40.4 Å². The minimum absolute atomic E-state index is 0.747. The fourth-order valence-corrected chi connectivity index (χ4v) is 4.65. The smallest absolute Gasteiger partial charge is 0.0237 e. The largest absolute Gasteiger partial charge is 0.330 e. The standard InChI is InChI=1S/C22H28Br2N2/c23-21-10-8-19(9-11-21)15-26(16-20-2-1-3-22(24)12-20)14-18-6-4-17(13-25)5-7-18/h1-3,8-12,17-18H,4-7,13-16,25H2. The molecule has 0 aliphatic heterocycles. The molecule has 1 aliphatic rings. The molecule has 2 nitrogen and oxygen atoms in total. The highest BCUT2D eigenvalue weighted by molar-refractivity contribution is 9.10. The van der Waals surface area contributed by atoms with Crippen molar-refractivity contribution in [3.05, 3.63) is 68.6 Å². The van der Waals surface area contributed by atoms with E-state index >= 15 is 0 Å². The van der Waals surface area contributed by atoms with Crippen molar-refractivity contribution in [2.75, 3.05) is 13.1 Å². The van der Waals surface area contributed by atoms with E-state index in [2.05, 4.69) is 85.3 Å². The molecule has 0 spiro atoms. The van der Waals surface area contributed by atoms with Crippen LogP contribution in [-0.4, -0.2) is 18.0 Å². The molecule has 0 aromatic heterocycles. The van der Waals surface area contributed by atoms with Gasteiger partial charge >= 0.3 is 0 Å². The molecule has 4 heteroatoms. The Balaban J connectivity index is 1.67. The highest BCUT2D eigenvalue weighted by atomic mass is 79.9. The van der Waals surface area contributed by atoms with Gasteiger partial charge in [0.05, 0.1) is 0 Å². The van der Waals surface area contributed by atoms with Crippen LogP contribution in [0.15, 0.2) is 57.5 Å². The lowest BCUT2D eigenvalue weighted by atomic mass is 9.82. The van der Waals surface area contributed by atoms with E-state index in [1.165, 1.54) is 43.4 Å². The molecule has 1 aliphatic carbocycles. The number of nitrogens with zero attached hydrogens (tertiary/aromatic N) is 1. The molecule has 0 heterocycles. The monoisotopic (exact) mass is 478 g/mol. The van der Waals surface area contributed by atoms with Crippen LogP contribution in [0.3, 0.4) is 0 Å². The predicted octanol–water partition coefficient (Wildman–Crippen LogP) is 5.98. The summed E-state index contributed by atoms with van der Waals surface area (Å²) >= 11 is 7.14. The van der Waals surface area contributed by atoms with Gasteiger partial charge < -0.3 is 5.73 Å². The van der Waals surface area contributed by atoms with Crippen LogP contribution in [0.1, 0.15) is 36.8 Å². The van der Waals surface area contributed by atoms with Crippen molar-refractivity contribution in [2.45, 2.75) is 38.8 Å². The van der Waals surface area contributed by atoms with Crippen LogP contribution >= 0.6 is 31.9 Å². The molecular formula is C22H28Br2N2. The van der Waals surface area contributed by atoms with Crippen LogP contribution in [-0.2, 0) is 13.1 Å². The SMILES string of the molecule is NCC1CCC(CN(Cc2ccc(Br)cc2)Cc2cccc(Br)c2)CC1. The lowest BCUT2D eigenvalue weighted by Gasteiger charge is -2.32. The Labute approximate surface area is 174 Å². The average molecular weight is 480 g/mol. The zero-order valence-corrected chi connectivity index (χ0v) is 18.4. The third kappa shape index (κ3) is 6.19. The van der Waals surface area contributed by atoms with Crippen LogP contribution < -0.4 is 5.73 Å². The molecule has 2 aromatic carbocycles. The predicted molar refractivity (Wildman–Crippen MR) is 117 cm³/mol. The van der Waals surface area contributed by atoms with Crippen LogP contribution in [0.2, 0.25) is 0 Å². The Kier molecular flexibility index (Phi) is 7.74. The number of nitrogens with two attached hydrogens (primary N) is 1. The summed E-state index contributed by atoms with van der Waals surface area (Å²) in [5.74, 6) is 1.54. The molecule has 0 saturated heterocycles. The van der Waals surface area contributed by atoms with Crippen molar-refractivity contribution in [1.82, 2.24) is 4.90 Å². The summed E-state index contributed by atoms with van der Waals surface area (Å²) in [6.07, 6.45) is 5.22. The number of benzene rings is 2. The molecular weight excluding hydrogens is 452 g/mol. The van der Waals surface area contributed by atoms with Gasteiger partial charge in [0.1, 0.15) is 0 Å². The quantitative estimate of drug-likeness (QED) is 0.529. The lowest BCUT2D eigenvalue weighted by Crippen LogP contribution is -2.32. The maximum absolute atomic E-state index is 5.86. The molecule has 0 bridgehead atoms. The van der Waals surface area contributed by atoms with Crippen molar-refractivity contribution >= 4 is 31.9 Å². The highest BCUT2D eigenvalue weighted by Gasteiger charge is 2.22. The van der Waals surface area contributed by atoms with Gasteiger partial charge in [0.15, 0.2) is 0 Å². The van der Waals surface area contributed by atoms with Crippen molar-refractivity contribution in [2.24, 2.45) is 17.6 Å². The number of hydrogen-bond donors (Lipinski definition) is 1. The van der Waals surface area contributed by atoms with Gasteiger partial charge in [-0.1, -0.05) is 56.1 Å². The third-order valence-electron chi connectivity index (χ3n) is 5.43. The Morgan fingerprint density at radius 1 is 0.808 bits per heavy atom. The fraction of sp³-hybridized carbons (Fsp3) is 0.455. The first kappa shape index (κ1) is 20.1. The van der Waals surface area contributed by atoms with Gasteiger partial charge in [-0.3, -0.25) is 4.90 Å². The summed E-state index contributed by atoms with van der Waals surface area (Å²) in [6.45, 7) is 4.01. The van der Waals surface area contributed by atoms with Gasteiger partial charge in [-0.15, -0.1) is 0 Å². The molecule has 1 fully saturated rings. The topological polar surface area (TPSA) is 29.3 Å². The minimum atomic E-state index is 0.747. The summed E-state index contributed by atoms with van der Waals surface area (Å²) in [5.41, 5.74) is 8.60. The van der Waals surface area contributed by atoms with E-state index in [1.807, 2.05) is 0 Å². The molecule has 2 N–H and O–H groups in total. The molecule has 1 saturated carbocycles. The van der Waals surface area contributed by atoms with E-state index in [1.54, 1.807) is 0 Å². The highest BCUT2D eigenvalue weighted by Crippen LogP contribution is 2.29. The second-order valence-corrected chi connectivity index (χ2v) is 9.38. The Morgan fingerprint density at radius 2 is 1.46 bits per heavy atom. The first-order valence-electron chi connectivity index (χ1n) is 9.53. The van der Waals surface area contributed by atoms with Gasteiger partial charge in [-0.05, 0) is 79.5 Å². The number of rotatable bonds is 7. The summed E-state index contributed by atoms with van der Waals surface area (Å²) in [6, 6.07) is 17.4. The van der Waals surface area contributed by atoms with E-state index < -0.39 is 0 Å². The fourth-order valence-electron chi connectivity index (χ4n) is 3.94. The molecule has 0 radical (unpaired) electrons. The van der Waals surface area contributed by atoms with E-state index in [9.17, 15) is 0 Å². The van der Waals surface area contributed by atoms with Crippen molar-refractivity contribution < 1.29 is 0 Å². The Hall–Kier alpha value is -0.680. The van der Waals surface area contributed by atoms with Crippen molar-refractivity contribution in [3.8, 4) is 0 Å². The number of halogens is 2. The van der Waals surface area contributed by atoms with Gasteiger partial charge in [0, 0.05) is 28.6 Å². The first-order valence-corrected chi connectivity index (χ1v) is 11.1. The van der Waals surface area contributed by atoms with Crippen LogP contribution in [0, 0.1) is 11.8 Å². The molecule has 0 unspecified atom stereocenters. The summed E-state index contributed by atoms with van der Waals surface area (Å²) in [7, 11) is 0. The van der Waals surface area contributed by atoms with E-state index in [0.29, 0.717) is 0 Å². The molecule has 0 atom stereocenters. The first-order chi connectivity index (χ1) is 12.6. The molecule has 0 amide bonds. The molecule has 140 valence electrons. The van der Waals surface area contributed by atoms with Crippen LogP contribution in [0.5, 0.6) is 0 Å². The van der Waals surface area contributed by atoms with Crippen LogP contribution in [0.4, 0.5) is 0 Å². The maximum Gasteiger partial charge on any atom is 0.0237 e. The van der Waals surface area contributed by atoms with E-state index in [4.69, 9.17) is 5.73 Å². The Morgan fingerprint density at radius 3 is 2.12 bits per heavy atom. The zero-order valence-electron chi connectivity index (χ0n) is 15.2. The van der Waals surface area contributed by atoms with E-state index in [-0.39, 0.29) is 0 Å². The average Bonchev–Trinajstić information content (AvgIpc) is 2.64. The number of hydrogen-bond acceptors (Lipinski definition) is 2. The van der Waals surface area contributed by atoms with Gasteiger partial charge in [0.25, 0.3) is 0 Å². The normalized spacial score (nSPS) is 20.5. The Bertz CT molecular complexity index is 679. The molecule has 3 rings (SSSR count). The summed E-state index contributed by atoms with van der Waals surface area (Å²) in [5, 5.41) is 0. The third-order valence-corrected chi connectivity index (χ3v) is 6.45. The summed E-state index contributed by atoms with van der Waals surface area (Å²) in [4.78, 5) is 2.61. The maximum atomic E-state index is 5.86. The summed E-state index contributed by atoms with van der Waals surface area (Å²) < 4.78 is 2.29. The van der Waals surface area contributed by atoms with Crippen molar-refractivity contribution in [3.63, 3.8) is 0 Å². The lowest BCUT2D eigenvalue weighted by molar-refractivity contribution is 0.170. The zero-order chi connectivity index (χ0) is 18.4. The van der Waals surface area contributed by atoms with Crippen molar-refractivity contribution in [1.29, 1.82) is 0 Å². The van der Waals surface area contributed by atoms with Crippen LogP contribution in [0.25, 0.3) is 0 Å².